The van der Waals surface area contributed by atoms with Crippen molar-refractivity contribution >= 4 is 28.5 Å². The molecule has 3 aromatic carbocycles. The molecule has 1 aromatic heterocycles. The number of nitrogens with zero attached hydrogens (tertiary/aromatic N) is 2. The highest BCUT2D eigenvalue weighted by Gasteiger charge is 2.10. The van der Waals surface area contributed by atoms with Gasteiger partial charge >= 0.3 is 0 Å². The lowest BCUT2D eigenvalue weighted by Gasteiger charge is -2.12. The number of aromatic nitrogens is 2. The predicted molar refractivity (Wildman–Crippen MR) is 119 cm³/mol. The van der Waals surface area contributed by atoms with Crippen molar-refractivity contribution in [1.82, 2.24) is 14.9 Å². The van der Waals surface area contributed by atoms with E-state index in [0.717, 1.165) is 22.2 Å². The van der Waals surface area contributed by atoms with Gasteiger partial charge in [-0.1, -0.05) is 48.0 Å². The van der Waals surface area contributed by atoms with Gasteiger partial charge in [0.1, 0.15) is 5.69 Å². The van der Waals surface area contributed by atoms with Crippen LogP contribution in [0.3, 0.4) is 0 Å². The van der Waals surface area contributed by atoms with Crippen molar-refractivity contribution in [3.05, 3.63) is 111 Å². The molecule has 1 heterocycles. The Bertz CT molecular complexity index is 1280. The maximum Gasteiger partial charge on any atom is 0.272 e. The van der Waals surface area contributed by atoms with Gasteiger partial charge in [-0.2, -0.15) is 0 Å². The van der Waals surface area contributed by atoms with E-state index >= 15 is 0 Å². The van der Waals surface area contributed by atoms with E-state index in [1.807, 2.05) is 54.6 Å². The molecule has 0 atom stereocenters. The first kappa shape index (κ1) is 19.9. The summed E-state index contributed by atoms with van der Waals surface area (Å²) in [7, 11) is 0. The van der Waals surface area contributed by atoms with Crippen molar-refractivity contribution in [2.45, 2.75) is 20.0 Å². The fraction of sp³-hybridized carbons (Fsp3) is 0.125. The van der Waals surface area contributed by atoms with Gasteiger partial charge in [0.2, 0.25) is 0 Å². The molecule has 1 amide bonds. The molecule has 5 nitrogen and oxygen atoms in total. The van der Waals surface area contributed by atoms with Gasteiger partial charge in [-0.05, 0) is 54.4 Å². The molecule has 4 rings (SSSR count). The van der Waals surface area contributed by atoms with Crippen LogP contribution in [0.25, 0.3) is 11.0 Å². The van der Waals surface area contributed by atoms with Crippen LogP contribution >= 0.6 is 11.6 Å². The number of rotatable bonds is 5. The average molecular weight is 418 g/mol. The number of fused-ring (bicyclic) bond motifs is 1. The van der Waals surface area contributed by atoms with Crippen molar-refractivity contribution in [2.75, 3.05) is 0 Å². The van der Waals surface area contributed by atoms with Crippen molar-refractivity contribution < 1.29 is 4.79 Å². The zero-order valence-corrected chi connectivity index (χ0v) is 17.2. The molecule has 0 fully saturated rings. The summed E-state index contributed by atoms with van der Waals surface area (Å²) in [6.07, 6.45) is 0. The molecule has 0 saturated carbocycles. The molecule has 0 aliphatic rings. The number of para-hydroxylation sites is 2. The summed E-state index contributed by atoms with van der Waals surface area (Å²) in [5.74, 6) is -0.163. The Hall–Kier alpha value is -3.44. The molecule has 0 aliphatic carbocycles. The third-order valence-electron chi connectivity index (χ3n) is 4.91. The lowest BCUT2D eigenvalue weighted by atomic mass is 10.1. The highest BCUT2D eigenvalue weighted by molar-refractivity contribution is 6.30. The van der Waals surface area contributed by atoms with Gasteiger partial charge in [0.15, 0.2) is 0 Å². The molecule has 30 heavy (non-hydrogen) atoms. The van der Waals surface area contributed by atoms with Crippen LogP contribution in [0.5, 0.6) is 0 Å². The van der Waals surface area contributed by atoms with Gasteiger partial charge in [-0.3, -0.25) is 9.59 Å². The van der Waals surface area contributed by atoms with Gasteiger partial charge in [0.25, 0.3) is 11.5 Å². The number of hydrogen-bond donors (Lipinski definition) is 1. The summed E-state index contributed by atoms with van der Waals surface area (Å²) >= 11 is 5.98. The number of carbonyl (C=O) groups is 1. The lowest BCUT2D eigenvalue weighted by Crippen LogP contribution is -2.25. The maximum atomic E-state index is 12.6. The Morgan fingerprint density at radius 2 is 1.77 bits per heavy atom. The standard InChI is InChI=1S/C24H20ClN3O2/c1-16-24(30)28(22-8-3-2-7-21(22)27-16)15-17-9-11-19(12-10-17)23(29)26-14-18-5-4-6-20(25)13-18/h2-13H,14-15H2,1H3,(H,26,29). The van der Waals surface area contributed by atoms with Crippen LogP contribution in [-0.4, -0.2) is 15.5 Å². The Morgan fingerprint density at radius 1 is 1.00 bits per heavy atom. The van der Waals surface area contributed by atoms with Crippen LogP contribution in [0.15, 0.2) is 77.6 Å². The van der Waals surface area contributed by atoms with Gasteiger partial charge in [0.05, 0.1) is 17.6 Å². The summed E-state index contributed by atoms with van der Waals surface area (Å²) in [5.41, 5.74) is 4.35. The molecule has 6 heteroatoms. The molecule has 150 valence electrons. The van der Waals surface area contributed by atoms with E-state index in [4.69, 9.17) is 11.6 Å². The molecular weight excluding hydrogens is 398 g/mol. The zero-order valence-electron chi connectivity index (χ0n) is 16.4. The fourth-order valence-corrected chi connectivity index (χ4v) is 3.57. The SMILES string of the molecule is Cc1nc2ccccc2n(Cc2ccc(C(=O)NCc3cccc(Cl)c3)cc2)c1=O. The molecule has 0 bridgehead atoms. The number of nitrogens with one attached hydrogen (secondary N) is 1. The molecule has 0 aliphatic heterocycles. The summed E-state index contributed by atoms with van der Waals surface area (Å²) in [5, 5.41) is 3.53. The minimum atomic E-state index is -0.163. The van der Waals surface area contributed by atoms with Crippen molar-refractivity contribution in [3.8, 4) is 0 Å². The Kier molecular flexibility index (Phi) is 5.63. The Morgan fingerprint density at radius 3 is 2.53 bits per heavy atom. The second-order valence-corrected chi connectivity index (χ2v) is 7.52. The quantitative estimate of drug-likeness (QED) is 0.525. The van der Waals surface area contributed by atoms with Crippen molar-refractivity contribution in [3.63, 3.8) is 0 Å². The highest BCUT2D eigenvalue weighted by atomic mass is 35.5. The Labute approximate surface area is 179 Å². The first-order valence-electron chi connectivity index (χ1n) is 9.59. The highest BCUT2D eigenvalue weighted by Crippen LogP contribution is 2.14. The first-order chi connectivity index (χ1) is 14.5. The van der Waals surface area contributed by atoms with Crippen LogP contribution in [0, 0.1) is 6.92 Å². The predicted octanol–water partition coefficient (Wildman–Crippen LogP) is 4.34. The van der Waals surface area contributed by atoms with E-state index in [-0.39, 0.29) is 11.5 Å². The number of benzene rings is 3. The minimum Gasteiger partial charge on any atom is -0.348 e. The van der Waals surface area contributed by atoms with Gasteiger partial charge in [0, 0.05) is 17.1 Å². The number of hydrogen-bond acceptors (Lipinski definition) is 3. The molecule has 4 aromatic rings. The zero-order chi connectivity index (χ0) is 21.1. The maximum absolute atomic E-state index is 12.6. The normalized spacial score (nSPS) is 10.9. The third kappa shape index (κ3) is 4.26. The first-order valence-corrected chi connectivity index (χ1v) is 9.97. The molecule has 1 N–H and O–H groups in total. The summed E-state index contributed by atoms with van der Waals surface area (Å²) in [6.45, 7) is 2.53. The summed E-state index contributed by atoms with van der Waals surface area (Å²) < 4.78 is 1.71. The third-order valence-corrected chi connectivity index (χ3v) is 5.15. The van der Waals surface area contributed by atoms with Crippen LogP contribution in [0.4, 0.5) is 0 Å². The molecule has 0 saturated heterocycles. The molecule has 0 unspecified atom stereocenters. The largest absolute Gasteiger partial charge is 0.348 e. The minimum absolute atomic E-state index is 0.114. The number of aryl methyl sites for hydroxylation is 1. The number of halogens is 1. The average Bonchev–Trinajstić information content (AvgIpc) is 2.76. The van der Waals surface area contributed by atoms with Crippen LogP contribution < -0.4 is 10.9 Å². The van der Waals surface area contributed by atoms with Crippen molar-refractivity contribution in [1.29, 1.82) is 0 Å². The van der Waals surface area contributed by atoms with Crippen LogP contribution in [0.2, 0.25) is 5.02 Å². The van der Waals surface area contributed by atoms with E-state index in [0.29, 0.717) is 29.4 Å². The Balaban J connectivity index is 1.50. The van der Waals surface area contributed by atoms with E-state index in [2.05, 4.69) is 10.3 Å². The van der Waals surface area contributed by atoms with E-state index < -0.39 is 0 Å². The number of carbonyl (C=O) groups excluding carboxylic acids is 1. The molecule has 0 spiro atoms. The van der Waals surface area contributed by atoms with E-state index in [1.54, 1.807) is 29.7 Å². The van der Waals surface area contributed by atoms with E-state index in [1.165, 1.54) is 0 Å². The van der Waals surface area contributed by atoms with Crippen LogP contribution in [-0.2, 0) is 13.1 Å². The second-order valence-electron chi connectivity index (χ2n) is 7.09. The van der Waals surface area contributed by atoms with Gasteiger partial charge in [-0.25, -0.2) is 4.98 Å². The summed E-state index contributed by atoms with van der Waals surface area (Å²) in [6, 6.07) is 22.2. The lowest BCUT2D eigenvalue weighted by molar-refractivity contribution is 0.0951. The summed E-state index contributed by atoms with van der Waals surface area (Å²) in [4.78, 5) is 29.4. The van der Waals surface area contributed by atoms with Crippen LogP contribution in [0.1, 0.15) is 27.2 Å². The topological polar surface area (TPSA) is 64.0 Å². The second kappa shape index (κ2) is 8.51. The fourth-order valence-electron chi connectivity index (χ4n) is 3.35. The molecular formula is C24H20ClN3O2. The monoisotopic (exact) mass is 417 g/mol. The smallest absolute Gasteiger partial charge is 0.272 e. The van der Waals surface area contributed by atoms with E-state index in [9.17, 15) is 9.59 Å². The van der Waals surface area contributed by atoms with Gasteiger partial charge in [-0.15, -0.1) is 0 Å². The number of amides is 1. The van der Waals surface area contributed by atoms with Gasteiger partial charge < -0.3 is 9.88 Å². The molecule has 0 radical (unpaired) electrons. The van der Waals surface area contributed by atoms with Crippen molar-refractivity contribution in [2.24, 2.45) is 0 Å².